The average molecular weight is 402 g/mol. The van der Waals surface area contributed by atoms with E-state index in [0.29, 0.717) is 36.4 Å². The van der Waals surface area contributed by atoms with Crippen LogP contribution in [0.5, 0.6) is 0 Å². The summed E-state index contributed by atoms with van der Waals surface area (Å²) >= 11 is 0. The highest BCUT2D eigenvalue weighted by molar-refractivity contribution is 5.92. The second kappa shape index (κ2) is 7.68. The topological polar surface area (TPSA) is 55.4 Å². The summed E-state index contributed by atoms with van der Waals surface area (Å²) in [6.45, 7) is 10.7. The van der Waals surface area contributed by atoms with Crippen LogP contribution in [0.1, 0.15) is 74.1 Å². The lowest BCUT2D eigenvalue weighted by Crippen LogP contribution is -2.51. The van der Waals surface area contributed by atoms with Crippen molar-refractivity contribution in [3.05, 3.63) is 23.3 Å². The first-order valence-electron chi connectivity index (χ1n) is 11.7. The number of nitrogens with one attached hydrogen (secondary N) is 1. The van der Waals surface area contributed by atoms with Gasteiger partial charge >= 0.3 is 5.97 Å². The van der Waals surface area contributed by atoms with Crippen LogP contribution >= 0.6 is 0 Å². The van der Waals surface area contributed by atoms with Crippen molar-refractivity contribution in [3.8, 4) is 0 Å². The van der Waals surface area contributed by atoms with Gasteiger partial charge in [-0.2, -0.15) is 0 Å². The van der Waals surface area contributed by atoms with Gasteiger partial charge in [0.15, 0.2) is 5.78 Å². The van der Waals surface area contributed by atoms with Crippen LogP contribution in [-0.4, -0.2) is 30.9 Å². The summed E-state index contributed by atoms with van der Waals surface area (Å²) in [4.78, 5) is 24.2. The van der Waals surface area contributed by atoms with Crippen molar-refractivity contribution in [1.29, 1.82) is 0 Å². The Kier molecular flexibility index (Phi) is 5.52. The van der Waals surface area contributed by atoms with E-state index in [1.165, 1.54) is 5.57 Å². The largest absolute Gasteiger partial charge is 0.462 e. The molecule has 0 radical (unpaired) electrons. The van der Waals surface area contributed by atoms with Gasteiger partial charge in [-0.1, -0.05) is 44.9 Å². The Morgan fingerprint density at radius 1 is 1.31 bits per heavy atom. The molecule has 0 aromatic heterocycles. The Bertz CT molecular complexity index is 759. The number of allylic oxidation sites excluding steroid dienone is 4. The quantitative estimate of drug-likeness (QED) is 0.529. The molecule has 0 bridgehead atoms. The molecule has 0 saturated heterocycles. The predicted octanol–water partition coefficient (Wildman–Crippen LogP) is 4.84. The van der Waals surface area contributed by atoms with Gasteiger partial charge in [0.25, 0.3) is 0 Å². The molecule has 29 heavy (non-hydrogen) atoms. The van der Waals surface area contributed by atoms with Gasteiger partial charge < -0.3 is 10.1 Å². The van der Waals surface area contributed by atoms with Crippen LogP contribution in [-0.2, 0) is 14.3 Å². The smallest absolute Gasteiger partial charge is 0.305 e. The highest BCUT2D eigenvalue weighted by Gasteiger charge is 2.59. The van der Waals surface area contributed by atoms with Crippen LogP contribution < -0.4 is 5.32 Å². The van der Waals surface area contributed by atoms with Crippen molar-refractivity contribution in [2.24, 2.45) is 28.6 Å². The van der Waals surface area contributed by atoms with E-state index >= 15 is 0 Å². The molecule has 0 aliphatic heterocycles. The normalized spacial score (nSPS) is 41.0. The minimum absolute atomic E-state index is 0. The number of hydrogen-bond acceptors (Lipinski definition) is 4. The molecular formula is C25H39NO3. The van der Waals surface area contributed by atoms with Crippen molar-refractivity contribution < 1.29 is 15.8 Å². The molecule has 2 saturated carbocycles. The molecule has 2 unspecified atom stereocenters. The Hall–Kier alpha value is -1.42. The highest BCUT2D eigenvalue weighted by Crippen LogP contribution is 2.64. The van der Waals surface area contributed by atoms with Crippen molar-refractivity contribution >= 4 is 11.8 Å². The van der Waals surface area contributed by atoms with Crippen molar-refractivity contribution in [2.45, 2.75) is 78.7 Å². The molecule has 0 amide bonds. The number of carbonyl (C=O) groups is 2. The molecule has 0 heterocycles. The second-order valence-electron chi connectivity index (χ2n) is 10.2. The van der Waals surface area contributed by atoms with Crippen LogP contribution in [0.2, 0.25) is 0 Å². The SMILES string of the molecule is CCNC[C@@H]1CC2=CC(=O)CC[C@]2(C)C2=CC[C@@]3(C)C(CC[C@@H]3OC(=O)CC)C21.[HH]. The van der Waals surface area contributed by atoms with E-state index in [1.54, 1.807) is 5.57 Å². The fourth-order valence-electron chi connectivity index (χ4n) is 6.91. The molecule has 4 rings (SSSR count). The van der Waals surface area contributed by atoms with E-state index in [4.69, 9.17) is 4.74 Å². The molecule has 4 aliphatic rings. The van der Waals surface area contributed by atoms with Gasteiger partial charge in [0, 0.05) is 25.1 Å². The Morgan fingerprint density at radius 2 is 2.10 bits per heavy atom. The lowest BCUT2D eigenvalue weighted by molar-refractivity contribution is -0.155. The Balaban J connectivity index is 0.00000256. The van der Waals surface area contributed by atoms with Crippen LogP contribution in [0.25, 0.3) is 0 Å². The van der Waals surface area contributed by atoms with E-state index in [0.717, 1.165) is 45.2 Å². The van der Waals surface area contributed by atoms with Gasteiger partial charge in [-0.05, 0) is 69.0 Å². The van der Waals surface area contributed by atoms with Crippen molar-refractivity contribution in [3.63, 3.8) is 0 Å². The van der Waals surface area contributed by atoms with E-state index in [1.807, 2.05) is 13.0 Å². The fourth-order valence-corrected chi connectivity index (χ4v) is 6.91. The lowest BCUT2D eigenvalue weighted by atomic mass is 9.49. The molecule has 4 heteroatoms. The highest BCUT2D eigenvalue weighted by atomic mass is 16.5. The zero-order chi connectivity index (χ0) is 20.8. The summed E-state index contributed by atoms with van der Waals surface area (Å²) in [5, 5.41) is 3.59. The van der Waals surface area contributed by atoms with E-state index in [2.05, 4.69) is 32.2 Å². The molecule has 162 valence electrons. The number of hydrogen-bond donors (Lipinski definition) is 1. The zero-order valence-corrected chi connectivity index (χ0v) is 18.6. The molecule has 0 aromatic rings. The molecule has 0 spiro atoms. The number of carbonyl (C=O) groups excluding carboxylic acids is 2. The Morgan fingerprint density at radius 3 is 2.83 bits per heavy atom. The maximum atomic E-state index is 12.2. The average Bonchev–Trinajstić information content (AvgIpc) is 3.03. The van der Waals surface area contributed by atoms with Crippen LogP contribution in [0.15, 0.2) is 23.3 Å². The number of rotatable bonds is 5. The summed E-state index contributed by atoms with van der Waals surface area (Å²) in [6, 6.07) is 0. The van der Waals surface area contributed by atoms with Gasteiger partial charge in [-0.15, -0.1) is 0 Å². The third-order valence-corrected chi connectivity index (χ3v) is 8.64. The zero-order valence-electron chi connectivity index (χ0n) is 18.6. The molecular weight excluding hydrogens is 362 g/mol. The molecule has 2 fully saturated rings. The van der Waals surface area contributed by atoms with Crippen molar-refractivity contribution in [2.75, 3.05) is 13.1 Å². The van der Waals surface area contributed by atoms with Crippen LogP contribution in [0.3, 0.4) is 0 Å². The number of fused-ring (bicyclic) bond motifs is 5. The molecule has 4 aliphatic carbocycles. The monoisotopic (exact) mass is 401 g/mol. The molecule has 0 aromatic carbocycles. The van der Waals surface area contributed by atoms with E-state index in [-0.39, 0.29) is 24.3 Å². The minimum atomic E-state index is -0.0672. The third-order valence-electron chi connectivity index (χ3n) is 8.64. The van der Waals surface area contributed by atoms with E-state index < -0.39 is 0 Å². The first kappa shape index (κ1) is 20.8. The molecule has 1 N–H and O–H groups in total. The Labute approximate surface area is 177 Å². The van der Waals surface area contributed by atoms with Gasteiger partial charge in [0.2, 0.25) is 0 Å². The lowest BCUT2D eigenvalue weighted by Gasteiger charge is -2.56. The van der Waals surface area contributed by atoms with Crippen LogP contribution in [0, 0.1) is 28.6 Å². The van der Waals surface area contributed by atoms with Crippen molar-refractivity contribution in [1.82, 2.24) is 5.32 Å². The summed E-state index contributed by atoms with van der Waals surface area (Å²) in [5.41, 5.74) is 3.01. The fraction of sp³-hybridized carbons (Fsp3) is 0.760. The number of ether oxygens (including phenoxy) is 1. The van der Waals surface area contributed by atoms with E-state index in [9.17, 15) is 9.59 Å². The summed E-state index contributed by atoms with van der Waals surface area (Å²) < 4.78 is 5.94. The maximum Gasteiger partial charge on any atom is 0.305 e. The summed E-state index contributed by atoms with van der Waals surface area (Å²) in [5.74, 6) is 1.82. The number of ketones is 1. The van der Waals surface area contributed by atoms with Gasteiger partial charge in [-0.3, -0.25) is 9.59 Å². The predicted molar refractivity (Wildman–Crippen MR) is 116 cm³/mol. The second-order valence-corrected chi connectivity index (χ2v) is 10.2. The summed E-state index contributed by atoms with van der Waals surface area (Å²) in [7, 11) is 0. The van der Waals surface area contributed by atoms with Gasteiger partial charge in [0.05, 0.1) is 0 Å². The van der Waals surface area contributed by atoms with Gasteiger partial charge in [-0.25, -0.2) is 0 Å². The minimum Gasteiger partial charge on any atom is -0.462 e. The summed E-state index contributed by atoms with van der Waals surface area (Å²) in [6.07, 6.45) is 10.7. The first-order chi connectivity index (χ1) is 13.8. The van der Waals surface area contributed by atoms with Crippen LogP contribution in [0.4, 0.5) is 0 Å². The van der Waals surface area contributed by atoms with Gasteiger partial charge in [0.1, 0.15) is 6.10 Å². The molecule has 4 nitrogen and oxygen atoms in total. The molecule has 6 atom stereocenters. The first-order valence-corrected chi connectivity index (χ1v) is 11.7. The standard InChI is InChI=1S/C25H37NO3.H2/c1-5-22(28)29-21-8-7-19-23-16(15-26-6-2)13-17-14-18(27)9-11-24(17,3)20(23)10-12-25(19,21)4;/h10,14,16,19,21,23,26H,5-9,11-13,15H2,1-4H3;1H/t16-,19?,21-,23?,24-,25-;/m0./s1. The third kappa shape index (κ3) is 3.32. The maximum absolute atomic E-state index is 12.2. The number of esters is 1.